The Hall–Kier alpha value is -1.00. The van der Waals surface area contributed by atoms with Gasteiger partial charge in [0.1, 0.15) is 0 Å². The van der Waals surface area contributed by atoms with E-state index >= 15 is 0 Å². The first-order valence-electron chi connectivity index (χ1n) is 7.78. The minimum atomic E-state index is -0.0749. The lowest BCUT2D eigenvalue weighted by Crippen LogP contribution is -2.43. The highest BCUT2D eigenvalue weighted by Crippen LogP contribution is 2.21. The van der Waals surface area contributed by atoms with Crippen LogP contribution < -0.4 is 5.32 Å². The molecule has 3 unspecified atom stereocenters. The van der Waals surface area contributed by atoms with E-state index in [4.69, 9.17) is 0 Å². The molecule has 4 heteroatoms. The molecule has 1 fully saturated rings. The van der Waals surface area contributed by atoms with Crippen molar-refractivity contribution >= 4 is 17.7 Å². The van der Waals surface area contributed by atoms with Crippen LogP contribution in [0.4, 0.5) is 0 Å². The highest BCUT2D eigenvalue weighted by molar-refractivity contribution is 7.98. The number of benzene rings is 1. The zero-order chi connectivity index (χ0) is 15.2. The van der Waals surface area contributed by atoms with E-state index in [1.807, 2.05) is 30.0 Å². The number of nitrogens with zero attached hydrogens (tertiary/aromatic N) is 1. The van der Waals surface area contributed by atoms with Crippen LogP contribution in [-0.4, -0.2) is 41.1 Å². The second kappa shape index (κ2) is 7.85. The topological polar surface area (TPSA) is 32.3 Å². The molecule has 3 nitrogen and oxygen atoms in total. The van der Waals surface area contributed by atoms with E-state index in [-0.39, 0.29) is 18.1 Å². The summed E-state index contributed by atoms with van der Waals surface area (Å²) in [5, 5.41) is 3.52. The van der Waals surface area contributed by atoms with Crippen molar-refractivity contribution in [1.29, 1.82) is 0 Å². The Morgan fingerprint density at radius 2 is 2.05 bits per heavy atom. The van der Waals surface area contributed by atoms with Crippen molar-refractivity contribution in [1.82, 2.24) is 10.2 Å². The fourth-order valence-electron chi connectivity index (χ4n) is 2.98. The summed E-state index contributed by atoms with van der Waals surface area (Å²) in [6.45, 7) is 4.31. The van der Waals surface area contributed by atoms with Gasteiger partial charge in [0.25, 0.3) is 0 Å². The van der Waals surface area contributed by atoms with E-state index in [0.717, 1.165) is 25.0 Å². The van der Waals surface area contributed by atoms with Gasteiger partial charge in [0.2, 0.25) is 5.91 Å². The zero-order valence-electron chi connectivity index (χ0n) is 13.2. The van der Waals surface area contributed by atoms with E-state index < -0.39 is 0 Å². The molecule has 0 spiro atoms. The first kappa shape index (κ1) is 16.4. The second-order valence-electron chi connectivity index (χ2n) is 5.71. The predicted octanol–water partition coefficient (Wildman–Crippen LogP) is 2.91. The number of carbonyl (C=O) groups excluding carboxylic acids is 1. The Bertz CT molecular complexity index is 451. The maximum atomic E-state index is 12.7. The smallest absolute Gasteiger partial charge is 0.241 e. The van der Waals surface area contributed by atoms with Crippen molar-refractivity contribution in [3.63, 3.8) is 0 Å². The molecule has 21 heavy (non-hydrogen) atoms. The molecule has 1 aromatic carbocycles. The molecule has 1 amide bonds. The lowest BCUT2D eigenvalue weighted by atomic mass is 10.1. The van der Waals surface area contributed by atoms with Gasteiger partial charge in [-0.05, 0) is 43.8 Å². The van der Waals surface area contributed by atoms with Crippen molar-refractivity contribution in [2.24, 2.45) is 0 Å². The number of nitrogens with one attached hydrogen (secondary N) is 1. The third kappa shape index (κ3) is 4.01. The first-order chi connectivity index (χ1) is 10.2. The number of hydrogen-bond acceptors (Lipinski definition) is 3. The van der Waals surface area contributed by atoms with Crippen molar-refractivity contribution < 1.29 is 4.79 Å². The van der Waals surface area contributed by atoms with E-state index in [1.54, 1.807) is 0 Å². The highest BCUT2D eigenvalue weighted by Gasteiger charge is 2.39. The highest BCUT2D eigenvalue weighted by atomic mass is 32.2. The molecular formula is C17H26N2OS. The van der Waals surface area contributed by atoms with Gasteiger partial charge in [0, 0.05) is 6.04 Å². The molecule has 3 atom stereocenters. The summed E-state index contributed by atoms with van der Waals surface area (Å²) < 4.78 is 0. The van der Waals surface area contributed by atoms with Crippen LogP contribution in [0.15, 0.2) is 30.3 Å². The van der Waals surface area contributed by atoms with Crippen LogP contribution in [0.3, 0.4) is 0 Å². The average molecular weight is 306 g/mol. The Labute approximate surface area is 132 Å². The Morgan fingerprint density at radius 1 is 1.33 bits per heavy atom. The van der Waals surface area contributed by atoms with Gasteiger partial charge in [-0.25, -0.2) is 0 Å². The third-order valence-corrected chi connectivity index (χ3v) is 4.81. The SMILES string of the molecule is CCC1NC(Cc2ccccc2)C(=O)N1C(C)CCSC. The van der Waals surface area contributed by atoms with Gasteiger partial charge in [-0.1, -0.05) is 37.3 Å². The predicted molar refractivity (Wildman–Crippen MR) is 90.5 cm³/mol. The number of thioether (sulfide) groups is 1. The van der Waals surface area contributed by atoms with Gasteiger partial charge >= 0.3 is 0 Å². The molecular weight excluding hydrogens is 280 g/mol. The molecule has 1 aromatic rings. The molecule has 1 N–H and O–H groups in total. The maximum absolute atomic E-state index is 12.7. The van der Waals surface area contributed by atoms with Crippen molar-refractivity contribution in [3.05, 3.63) is 35.9 Å². The fourth-order valence-corrected chi connectivity index (χ4v) is 3.56. The standard InChI is InChI=1S/C17H26N2OS/c1-4-16-18-15(12-14-8-6-5-7-9-14)17(20)19(16)13(2)10-11-21-3/h5-9,13,15-16,18H,4,10-12H2,1-3H3. The summed E-state index contributed by atoms with van der Waals surface area (Å²) >= 11 is 1.84. The summed E-state index contributed by atoms with van der Waals surface area (Å²) in [6.07, 6.45) is 5.10. The molecule has 1 saturated heterocycles. The van der Waals surface area contributed by atoms with Crippen LogP contribution in [0, 0.1) is 0 Å². The molecule has 2 rings (SSSR count). The van der Waals surface area contributed by atoms with Crippen molar-refractivity contribution in [3.8, 4) is 0 Å². The van der Waals surface area contributed by atoms with Gasteiger partial charge in [0.15, 0.2) is 0 Å². The van der Waals surface area contributed by atoms with Gasteiger partial charge in [0.05, 0.1) is 12.2 Å². The Balaban J connectivity index is 2.04. The number of rotatable bonds is 7. The molecule has 0 radical (unpaired) electrons. The van der Waals surface area contributed by atoms with Crippen LogP contribution in [0.2, 0.25) is 0 Å². The normalized spacial score (nSPS) is 23.6. The molecule has 1 heterocycles. The summed E-state index contributed by atoms with van der Waals surface area (Å²) in [5.41, 5.74) is 1.22. The minimum Gasteiger partial charge on any atom is -0.323 e. The Morgan fingerprint density at radius 3 is 2.67 bits per heavy atom. The van der Waals surface area contributed by atoms with Crippen LogP contribution >= 0.6 is 11.8 Å². The van der Waals surface area contributed by atoms with Gasteiger partial charge in [-0.2, -0.15) is 11.8 Å². The maximum Gasteiger partial charge on any atom is 0.241 e. The van der Waals surface area contributed by atoms with Crippen molar-refractivity contribution in [2.45, 2.75) is 51.4 Å². The number of carbonyl (C=O) groups is 1. The van der Waals surface area contributed by atoms with Crippen LogP contribution in [0.25, 0.3) is 0 Å². The van der Waals surface area contributed by atoms with Crippen LogP contribution in [0.5, 0.6) is 0 Å². The number of hydrogen-bond donors (Lipinski definition) is 1. The second-order valence-corrected chi connectivity index (χ2v) is 6.69. The zero-order valence-corrected chi connectivity index (χ0v) is 14.0. The fraction of sp³-hybridized carbons (Fsp3) is 0.588. The van der Waals surface area contributed by atoms with E-state index in [1.165, 1.54) is 5.56 Å². The first-order valence-corrected chi connectivity index (χ1v) is 9.17. The minimum absolute atomic E-state index is 0.0749. The monoisotopic (exact) mass is 306 g/mol. The largest absolute Gasteiger partial charge is 0.323 e. The van der Waals surface area contributed by atoms with E-state index in [0.29, 0.717) is 6.04 Å². The van der Waals surface area contributed by atoms with Crippen molar-refractivity contribution in [2.75, 3.05) is 12.0 Å². The summed E-state index contributed by atoms with van der Waals surface area (Å²) in [4.78, 5) is 14.8. The lowest BCUT2D eigenvalue weighted by molar-refractivity contribution is -0.132. The van der Waals surface area contributed by atoms with Gasteiger partial charge < -0.3 is 4.90 Å². The van der Waals surface area contributed by atoms with Crippen LogP contribution in [-0.2, 0) is 11.2 Å². The summed E-state index contributed by atoms with van der Waals surface area (Å²) in [5.74, 6) is 1.37. The van der Waals surface area contributed by atoms with E-state index in [2.05, 4.69) is 42.5 Å². The lowest BCUT2D eigenvalue weighted by Gasteiger charge is -2.29. The molecule has 0 saturated carbocycles. The molecule has 0 bridgehead atoms. The molecule has 1 aliphatic heterocycles. The summed E-state index contributed by atoms with van der Waals surface area (Å²) in [6, 6.07) is 10.5. The summed E-state index contributed by atoms with van der Waals surface area (Å²) in [7, 11) is 0. The average Bonchev–Trinajstić information content (AvgIpc) is 2.82. The van der Waals surface area contributed by atoms with E-state index in [9.17, 15) is 4.79 Å². The quantitative estimate of drug-likeness (QED) is 0.840. The number of amides is 1. The van der Waals surface area contributed by atoms with Crippen LogP contribution in [0.1, 0.15) is 32.3 Å². The third-order valence-electron chi connectivity index (χ3n) is 4.17. The Kier molecular flexibility index (Phi) is 6.12. The molecule has 0 aromatic heterocycles. The molecule has 116 valence electrons. The van der Waals surface area contributed by atoms with Gasteiger partial charge in [-0.15, -0.1) is 0 Å². The van der Waals surface area contributed by atoms with Gasteiger partial charge in [-0.3, -0.25) is 10.1 Å². The molecule has 1 aliphatic rings. The molecule has 0 aliphatic carbocycles.